The molecule has 39 heteroatoms. The van der Waals surface area contributed by atoms with Crippen molar-refractivity contribution in [3.63, 3.8) is 0 Å². The van der Waals surface area contributed by atoms with Gasteiger partial charge in [0.15, 0.2) is 0 Å². The number of benzene rings is 3. The molecule has 9 heterocycles. The molecule has 3 aromatic carbocycles. The number of carbonyl (C=O) groups excluding carboxylic acids is 9. The third-order valence-corrected chi connectivity index (χ3v) is 30.7. The molecular weight excluding hydrogens is 1990 g/mol. The van der Waals surface area contributed by atoms with E-state index < -0.39 is 225 Å². The van der Waals surface area contributed by atoms with E-state index in [1.807, 2.05) is 25.8 Å². The Morgan fingerprint density at radius 3 is 1.09 bits per heavy atom. The molecule has 4 saturated carbocycles. The molecule has 20 atom stereocenters. The number of alkyl carbamates (subject to hydrolysis) is 3. The van der Waals surface area contributed by atoms with Crippen LogP contribution in [0.5, 0.6) is 34.9 Å². The molecule has 3 aromatic heterocycles. The van der Waals surface area contributed by atoms with Crippen LogP contribution in [0.2, 0.25) is 0 Å². The van der Waals surface area contributed by atoms with Gasteiger partial charge in [0.1, 0.15) is 106 Å². The van der Waals surface area contributed by atoms with Crippen LogP contribution in [0.1, 0.15) is 254 Å². The zero-order valence-corrected chi connectivity index (χ0v) is 88.0. The number of hydrogen-bond donors (Lipinski definition) is 3. The van der Waals surface area contributed by atoms with E-state index in [0.717, 1.165) is 32.1 Å². The van der Waals surface area contributed by atoms with E-state index in [9.17, 15) is 43.2 Å². The van der Waals surface area contributed by atoms with Gasteiger partial charge in [-0.05, 0) is 197 Å². The summed E-state index contributed by atoms with van der Waals surface area (Å²) >= 11 is 0. The molecule has 4 aliphatic carbocycles. The van der Waals surface area contributed by atoms with Gasteiger partial charge in [-0.25, -0.2) is 87.7 Å². The third kappa shape index (κ3) is 24.4. The van der Waals surface area contributed by atoms with E-state index in [4.69, 9.17) is 42.6 Å². The van der Waals surface area contributed by atoms with Crippen LogP contribution in [-0.4, -0.2) is 198 Å². The molecule has 6 bridgehead atoms. The van der Waals surface area contributed by atoms with Gasteiger partial charge in [-0.15, -0.1) is 0 Å². The van der Waals surface area contributed by atoms with Crippen molar-refractivity contribution in [2.24, 2.45) is 63.6 Å². The molecular formula is C104H131F9N9O18V3-3. The minimum Gasteiger partial charge on any atom is -0.540 e. The van der Waals surface area contributed by atoms with E-state index >= 15 is 39.5 Å². The molecule has 16 rings (SSSR count). The molecule has 6 amide bonds. The third-order valence-electron chi connectivity index (χ3n) is 30.7. The summed E-state index contributed by atoms with van der Waals surface area (Å²) in [6.45, 7) is 22.7. The minimum absolute atomic E-state index is 0. The Balaban J connectivity index is 0.000000203. The summed E-state index contributed by atoms with van der Waals surface area (Å²) in [6, 6.07) is 6.27. The fourth-order valence-electron chi connectivity index (χ4n) is 22.8. The van der Waals surface area contributed by atoms with Crippen molar-refractivity contribution in [1.82, 2.24) is 45.6 Å². The zero-order chi connectivity index (χ0) is 102. The molecule has 27 nitrogen and oxygen atoms in total. The number of methoxy groups -OCH3 is 3. The first kappa shape index (κ1) is 114. The largest absolute Gasteiger partial charge is 0.540 e. The van der Waals surface area contributed by atoms with Crippen LogP contribution in [0.4, 0.5) is 53.9 Å². The number of fused-ring (bicyclic) bond motifs is 17. The summed E-state index contributed by atoms with van der Waals surface area (Å²) in [5, 5.41) is 8.01. The predicted octanol–water partition coefficient (Wildman–Crippen LogP) is 19.6. The van der Waals surface area contributed by atoms with E-state index in [1.54, 1.807) is 83.1 Å². The van der Waals surface area contributed by atoms with Gasteiger partial charge in [-0.3, -0.25) is 14.4 Å². The number of hydrogen-bond acceptors (Lipinski definition) is 21. The number of aromatic nitrogens is 3. The molecule has 3 N–H and O–H groups in total. The number of amides is 6. The van der Waals surface area contributed by atoms with Gasteiger partial charge in [-0.1, -0.05) is 140 Å². The van der Waals surface area contributed by atoms with Crippen molar-refractivity contribution in [2.45, 2.75) is 328 Å². The van der Waals surface area contributed by atoms with Gasteiger partial charge in [0, 0.05) is 109 Å². The first-order valence-electron chi connectivity index (χ1n) is 49.3. The Morgan fingerprint density at radius 1 is 0.406 bits per heavy atom. The fraction of sp³-hybridized carbons (Fsp3) is 0.654. The van der Waals surface area contributed by atoms with E-state index in [-0.39, 0.29) is 151 Å². The van der Waals surface area contributed by atoms with Gasteiger partial charge < -0.3 is 87.7 Å². The summed E-state index contributed by atoms with van der Waals surface area (Å²) in [4.78, 5) is 136. The summed E-state index contributed by atoms with van der Waals surface area (Å²) in [5.41, 5.74) is -5.83. The maximum absolute atomic E-state index is 16.2. The predicted molar refractivity (Wildman–Crippen MR) is 499 cm³/mol. The van der Waals surface area contributed by atoms with Crippen LogP contribution in [-0.2, 0) is 116 Å². The Bertz CT molecular complexity index is 5490. The second kappa shape index (κ2) is 46.2. The van der Waals surface area contributed by atoms with Gasteiger partial charge in [0.05, 0.1) is 57.5 Å². The van der Waals surface area contributed by atoms with Gasteiger partial charge in [0.2, 0.25) is 35.4 Å². The molecule has 2 unspecified atom stereocenters. The zero-order valence-electron chi connectivity index (χ0n) is 83.8. The van der Waals surface area contributed by atoms with Gasteiger partial charge >= 0.3 is 18.3 Å². The van der Waals surface area contributed by atoms with Crippen molar-refractivity contribution in [3.05, 3.63) is 88.7 Å². The van der Waals surface area contributed by atoms with Crippen molar-refractivity contribution in [3.8, 4) is 34.9 Å². The number of pyridine rings is 3. The monoisotopic (exact) mass is 2120 g/mol. The van der Waals surface area contributed by atoms with Crippen molar-refractivity contribution >= 4 is 87.6 Å². The first-order valence-corrected chi connectivity index (χ1v) is 49.3. The number of carbonyl (C=O) groups is 6. The van der Waals surface area contributed by atoms with Crippen LogP contribution in [0.3, 0.4) is 0 Å². The van der Waals surface area contributed by atoms with E-state index in [0.29, 0.717) is 106 Å². The van der Waals surface area contributed by atoms with E-state index in [1.165, 1.54) is 90.6 Å². The normalized spacial score (nSPS) is 30.0. The van der Waals surface area contributed by atoms with Crippen molar-refractivity contribution < 1.29 is 181 Å². The maximum atomic E-state index is 16.2. The number of alkyl halides is 6. The first-order chi connectivity index (χ1) is 66.2. The van der Waals surface area contributed by atoms with E-state index in [2.05, 4.69) is 30.9 Å². The molecule has 3 saturated heterocycles. The summed E-state index contributed by atoms with van der Waals surface area (Å²) in [6.07, 6.45) is 8.24. The van der Waals surface area contributed by atoms with Crippen molar-refractivity contribution in [2.75, 3.05) is 41.0 Å². The number of rotatable bonds is 9. The molecule has 7 fully saturated rings. The molecule has 3 radical (unpaired) electrons. The molecule has 0 spiro atoms. The van der Waals surface area contributed by atoms with Crippen LogP contribution in [0.25, 0.3) is 32.7 Å². The summed E-state index contributed by atoms with van der Waals surface area (Å²) < 4.78 is 197. The quantitative estimate of drug-likeness (QED) is 0.0688. The Kier molecular flexibility index (Phi) is 37.0. The summed E-state index contributed by atoms with van der Waals surface area (Å²) in [5.74, 6) is -18.0. The maximum Gasteiger partial charge on any atom is 0.408 e. The fourth-order valence-corrected chi connectivity index (χ4v) is 22.8. The molecule has 781 valence electrons. The second-order valence-corrected chi connectivity index (χ2v) is 42.9. The number of nitrogens with zero attached hydrogens (tertiary/aromatic N) is 6. The average molecular weight is 2120 g/mol. The van der Waals surface area contributed by atoms with Crippen LogP contribution >= 0.6 is 0 Å². The van der Waals surface area contributed by atoms with Crippen LogP contribution in [0, 0.1) is 81.0 Å². The number of nitrogens with one attached hydrogen (secondary N) is 3. The van der Waals surface area contributed by atoms with Gasteiger partial charge in [-0.2, -0.15) is 0 Å². The molecule has 10 aliphatic rings. The Morgan fingerprint density at radius 2 is 0.741 bits per heavy atom. The topological polar surface area (TPSA) is 321 Å². The van der Waals surface area contributed by atoms with Crippen LogP contribution in [0.15, 0.2) is 54.6 Å². The SMILES string of the molecule is CC[C@@H]1[C@@H]2CN(C(=O)[C@H](C(C)(C)C)NC(=O)O[C@@H]3CC4CC4[C@H]3CCCCC(F)(F)c3c(nc4cc(OC)ccc4c3F)O2)[C@@H]1[C-]=O.CC[C@@H]1[C@@H]2CN(C(=O)[C@H](C(C)(C)C)NC(=O)O[C@@H]3CCC[C@H]3CCCCC(F)(F)c3c(nc4cc(OC)ccc4c3F)O2)[C@@H]1[C-]=O.CC[C@@H]1[C@@H]2CN(C(=O)[C@H](C(C)(C)C)NC(=O)O[C@]3(C)CCC[C@H]3CCCCC(F)(F)c3c(nc4cc(OC)ccc4c3F)O2)[C@@H]1[C-]=O.[V].[V].[V]. The minimum atomic E-state index is -3.65. The molecule has 143 heavy (non-hydrogen) atoms. The Hall–Kier alpha value is -8.96. The van der Waals surface area contributed by atoms with Crippen LogP contribution < -0.4 is 44.4 Å². The smallest absolute Gasteiger partial charge is 0.408 e. The molecule has 6 aromatic rings. The standard InChI is InChI=1S/C35H43F3N3O6.C35H45F3N3O6.C34H43F3N3O6.3V/c1-6-20-25(17-42)41-16-27(20)46-31-28(29(36)22-11-10-19(45-5)15-24(22)39-31)35(37,38)12-8-7-9-21-23-13-18(23)14-26(21)47-33(44)40-30(32(41)43)34(2,3)4;1-7-22-25(19-42)41-18-26(22)46-30-27(28(36)23-14-13-21(45-6)17-24(23)39-30)35(37,38)16-9-8-11-20-12-10-15-34(20,5)47-32(44)40-29(31(41)43)33(2,3)4;1-6-21-24(18-41)40-17-26(21)45-30-27(28(35)22-14-13-20(44-5)16-23(22)38-30)34(36,37)15-8-7-10-19-11-9-12-25(19)46-32(43)39-29(31(40)42)33(2,3)4;;;/h10-11,15,18,20-21,23,25-27,30H,6-9,12-14,16H2,1-5H3,(H,40,44);13-14,17,20,22,25-26,29H,7-12,15-16,18H2,1-6H3,(H,40,44);13-14,16,19,21,24-26,29H,6-12,15,17H2,1-5H3,(H,39,43);;;/q3*-1;;;/t18?,20-,21+,23?,25+,26+,27-,30+;20-,22+,25-,26+,29-,34-;19-,21+,24-,25-,26+,29-;;;/m011.../s1. The van der Waals surface area contributed by atoms with Crippen molar-refractivity contribution in [1.29, 1.82) is 0 Å². The number of ether oxygens (including phenoxy) is 9. The average Bonchev–Trinajstić information content (AvgIpc) is 1.32. The summed E-state index contributed by atoms with van der Waals surface area (Å²) in [7, 11) is 4.28. The number of halogens is 9. The Labute approximate surface area is 864 Å². The molecule has 6 aliphatic heterocycles. The van der Waals surface area contributed by atoms with Gasteiger partial charge in [0.25, 0.3) is 17.8 Å². The second-order valence-electron chi connectivity index (χ2n) is 42.9.